The molecule has 0 spiro atoms. The highest BCUT2D eigenvalue weighted by Gasteiger charge is 2.17. The van der Waals surface area contributed by atoms with Crippen LogP contribution in [0.5, 0.6) is 0 Å². The molecule has 1 unspecified atom stereocenters. The van der Waals surface area contributed by atoms with Gasteiger partial charge in [-0.1, -0.05) is 44.9 Å². The van der Waals surface area contributed by atoms with Gasteiger partial charge < -0.3 is 5.11 Å². The van der Waals surface area contributed by atoms with E-state index in [4.69, 9.17) is 5.11 Å². The van der Waals surface area contributed by atoms with Gasteiger partial charge in [0.1, 0.15) is 0 Å². The molecule has 1 nitrogen and oxygen atoms in total. The van der Waals surface area contributed by atoms with E-state index in [9.17, 15) is 0 Å². The van der Waals surface area contributed by atoms with Crippen molar-refractivity contribution in [2.75, 3.05) is 6.61 Å². The summed E-state index contributed by atoms with van der Waals surface area (Å²) < 4.78 is 0. The molecule has 1 fully saturated rings. The molecular weight excluding hydrogens is 148 g/mol. The first-order valence-electron chi connectivity index (χ1n) is 5.28. The highest BCUT2D eigenvalue weighted by Crippen LogP contribution is 2.27. The van der Waals surface area contributed by atoms with Crippen molar-refractivity contribution in [3.63, 3.8) is 0 Å². The van der Waals surface area contributed by atoms with E-state index in [1.165, 1.54) is 44.9 Å². The minimum Gasteiger partial charge on any atom is -0.396 e. The molecule has 0 aromatic rings. The van der Waals surface area contributed by atoms with E-state index in [0.717, 1.165) is 0 Å². The highest BCUT2D eigenvalue weighted by molar-refractivity contribution is 4.73. The Balaban J connectivity index is 2.29. The monoisotopic (exact) mass is 169 g/mol. The van der Waals surface area contributed by atoms with Crippen LogP contribution < -0.4 is 0 Å². The lowest BCUT2D eigenvalue weighted by Gasteiger charge is -2.24. The Morgan fingerprint density at radius 1 is 1.08 bits per heavy atom. The van der Waals surface area contributed by atoms with Gasteiger partial charge in [-0.2, -0.15) is 0 Å². The van der Waals surface area contributed by atoms with Crippen molar-refractivity contribution in [1.29, 1.82) is 0 Å². The summed E-state index contributed by atoms with van der Waals surface area (Å²) in [5, 5.41) is 8.99. The van der Waals surface area contributed by atoms with E-state index in [1.54, 1.807) is 0 Å². The molecule has 1 N–H and O–H groups in total. The van der Waals surface area contributed by atoms with Crippen molar-refractivity contribution in [3.05, 3.63) is 6.92 Å². The fourth-order valence-electron chi connectivity index (χ4n) is 2.11. The molecule has 0 bridgehead atoms. The summed E-state index contributed by atoms with van der Waals surface area (Å²) in [4.78, 5) is 0. The van der Waals surface area contributed by atoms with Crippen molar-refractivity contribution >= 4 is 0 Å². The zero-order valence-electron chi connectivity index (χ0n) is 7.97. The Labute approximate surface area is 76.2 Å². The maximum absolute atomic E-state index is 8.99. The first-order chi connectivity index (χ1) is 5.84. The maximum Gasteiger partial charge on any atom is 0.0461 e. The molecule has 0 aromatic carbocycles. The molecular formula is C11H21O. The summed E-state index contributed by atoms with van der Waals surface area (Å²) in [7, 11) is 0. The average Bonchev–Trinajstić information content (AvgIpc) is 2.02. The summed E-state index contributed by atoms with van der Waals surface area (Å²) in [5.41, 5.74) is 0. The van der Waals surface area contributed by atoms with Crippen LogP contribution in [0.4, 0.5) is 0 Å². The van der Waals surface area contributed by atoms with Crippen molar-refractivity contribution in [2.45, 2.75) is 44.9 Å². The van der Waals surface area contributed by atoms with Gasteiger partial charge in [0.2, 0.25) is 0 Å². The first-order valence-corrected chi connectivity index (χ1v) is 5.28. The molecule has 0 heterocycles. The van der Waals surface area contributed by atoms with Gasteiger partial charge in [0.15, 0.2) is 0 Å². The molecule has 1 aliphatic carbocycles. The minimum absolute atomic E-state index is 0.269. The van der Waals surface area contributed by atoms with Crippen LogP contribution in [0.25, 0.3) is 0 Å². The van der Waals surface area contributed by atoms with Gasteiger partial charge in [0.25, 0.3) is 0 Å². The number of aliphatic hydroxyl groups is 1. The van der Waals surface area contributed by atoms with E-state index in [1.807, 2.05) is 0 Å². The molecule has 12 heavy (non-hydrogen) atoms. The van der Waals surface area contributed by atoms with Crippen LogP contribution in [0.1, 0.15) is 44.9 Å². The third-order valence-electron chi connectivity index (χ3n) is 3.05. The summed E-state index contributed by atoms with van der Waals surface area (Å²) in [6.45, 7) is 4.27. The van der Waals surface area contributed by atoms with Gasteiger partial charge in [-0.3, -0.25) is 0 Å². The van der Waals surface area contributed by atoms with E-state index in [-0.39, 0.29) is 12.5 Å². The average molecular weight is 169 g/mol. The van der Waals surface area contributed by atoms with Crippen LogP contribution in [-0.2, 0) is 0 Å². The Hall–Kier alpha value is -0.0400. The molecule has 0 aliphatic heterocycles. The van der Waals surface area contributed by atoms with Gasteiger partial charge in [-0.15, -0.1) is 0 Å². The van der Waals surface area contributed by atoms with Crippen LogP contribution in [0, 0.1) is 18.8 Å². The van der Waals surface area contributed by atoms with Crippen LogP contribution in [0.2, 0.25) is 0 Å². The second kappa shape index (κ2) is 5.58. The zero-order valence-corrected chi connectivity index (χ0v) is 7.97. The van der Waals surface area contributed by atoms with Crippen LogP contribution in [0.3, 0.4) is 0 Å². The second-order valence-corrected chi connectivity index (χ2v) is 4.05. The third-order valence-corrected chi connectivity index (χ3v) is 3.05. The molecule has 1 saturated carbocycles. The number of hydrogen-bond donors (Lipinski definition) is 1. The van der Waals surface area contributed by atoms with Gasteiger partial charge >= 0.3 is 0 Å². The third kappa shape index (κ3) is 3.14. The van der Waals surface area contributed by atoms with E-state index < -0.39 is 0 Å². The lowest BCUT2D eigenvalue weighted by molar-refractivity contribution is 0.185. The Morgan fingerprint density at radius 3 is 2.08 bits per heavy atom. The van der Waals surface area contributed by atoms with E-state index >= 15 is 0 Å². The highest BCUT2D eigenvalue weighted by atomic mass is 16.3. The van der Waals surface area contributed by atoms with Crippen molar-refractivity contribution < 1.29 is 5.11 Å². The molecule has 1 rings (SSSR count). The number of rotatable bonds is 2. The zero-order chi connectivity index (χ0) is 8.81. The normalized spacial score (nSPS) is 24.5. The predicted octanol–water partition coefficient (Wildman–Crippen LogP) is 2.79. The first kappa shape index (κ1) is 10.0. The second-order valence-electron chi connectivity index (χ2n) is 4.05. The largest absolute Gasteiger partial charge is 0.396 e. The molecule has 1 heteroatoms. The van der Waals surface area contributed by atoms with Gasteiger partial charge in [0, 0.05) is 6.61 Å². The molecule has 71 valence electrons. The Bertz CT molecular complexity index is 104. The van der Waals surface area contributed by atoms with E-state index in [0.29, 0.717) is 5.92 Å². The molecule has 0 amide bonds. The fourth-order valence-corrected chi connectivity index (χ4v) is 2.11. The minimum atomic E-state index is 0.269. The standard InChI is InChI=1S/C11H21O/c1-10(9-12)11-7-5-3-2-4-6-8-11/h10-12H,1-9H2. The number of hydrogen-bond acceptors (Lipinski definition) is 1. The molecule has 1 radical (unpaired) electrons. The number of aliphatic hydroxyl groups excluding tert-OH is 1. The summed E-state index contributed by atoms with van der Waals surface area (Å²) in [6.07, 6.45) is 9.44. The topological polar surface area (TPSA) is 20.2 Å². The smallest absolute Gasteiger partial charge is 0.0461 e. The molecule has 1 aliphatic rings. The SMILES string of the molecule is [CH2]C(CO)C1CCCCCCC1. The van der Waals surface area contributed by atoms with Crippen molar-refractivity contribution in [1.82, 2.24) is 0 Å². The summed E-state index contributed by atoms with van der Waals surface area (Å²) in [5.74, 6) is 0.971. The van der Waals surface area contributed by atoms with Crippen molar-refractivity contribution in [2.24, 2.45) is 11.8 Å². The van der Waals surface area contributed by atoms with Crippen LogP contribution >= 0.6 is 0 Å². The summed E-state index contributed by atoms with van der Waals surface area (Å²) >= 11 is 0. The van der Waals surface area contributed by atoms with Crippen LogP contribution in [0.15, 0.2) is 0 Å². The van der Waals surface area contributed by atoms with Crippen LogP contribution in [-0.4, -0.2) is 11.7 Å². The molecule has 1 atom stereocenters. The Kier molecular flexibility index (Phi) is 4.67. The fraction of sp³-hybridized carbons (Fsp3) is 0.909. The molecule has 0 saturated heterocycles. The summed E-state index contributed by atoms with van der Waals surface area (Å²) in [6, 6.07) is 0. The maximum atomic E-state index is 8.99. The lowest BCUT2D eigenvalue weighted by atomic mass is 9.83. The Morgan fingerprint density at radius 2 is 1.58 bits per heavy atom. The quantitative estimate of drug-likeness (QED) is 0.674. The molecule has 0 aromatic heterocycles. The van der Waals surface area contributed by atoms with Gasteiger partial charge in [0.05, 0.1) is 0 Å². The predicted molar refractivity (Wildman–Crippen MR) is 51.7 cm³/mol. The van der Waals surface area contributed by atoms with E-state index in [2.05, 4.69) is 6.92 Å². The van der Waals surface area contributed by atoms with Gasteiger partial charge in [-0.05, 0) is 18.8 Å². The lowest BCUT2D eigenvalue weighted by Crippen LogP contribution is -2.16. The van der Waals surface area contributed by atoms with Crippen molar-refractivity contribution in [3.8, 4) is 0 Å². The van der Waals surface area contributed by atoms with Gasteiger partial charge in [-0.25, -0.2) is 0 Å².